The van der Waals surface area contributed by atoms with Crippen LogP contribution in [0.5, 0.6) is 0 Å². The van der Waals surface area contributed by atoms with Crippen LogP contribution in [0.15, 0.2) is 53.4 Å². The summed E-state index contributed by atoms with van der Waals surface area (Å²) in [6.07, 6.45) is 2.12. The highest BCUT2D eigenvalue weighted by molar-refractivity contribution is 7.99. The smallest absolute Gasteiger partial charge is 0.258 e. The van der Waals surface area contributed by atoms with Gasteiger partial charge >= 0.3 is 0 Å². The number of carbonyl (C=O) groups excluding carboxylic acids is 1. The topological polar surface area (TPSA) is 54.5 Å². The largest absolute Gasteiger partial charge is 0.307 e. The molecule has 0 saturated carbocycles. The van der Waals surface area contributed by atoms with Crippen molar-refractivity contribution in [3.63, 3.8) is 0 Å². The Bertz CT molecular complexity index is 862. The van der Waals surface area contributed by atoms with Gasteiger partial charge in [0.05, 0.1) is 11.4 Å². The van der Waals surface area contributed by atoms with E-state index < -0.39 is 9.84 Å². The minimum absolute atomic E-state index is 0.0550. The average molecular weight is 361 g/mol. The zero-order chi connectivity index (χ0) is 17.2. The van der Waals surface area contributed by atoms with Gasteiger partial charge in [-0.3, -0.25) is 4.79 Å². The number of carbonyl (C=O) groups is 1. The molecule has 0 unspecified atom stereocenters. The fraction of sp³-hybridized carbons (Fsp3) is 0.278. The Balaban J connectivity index is 1.93. The molecule has 1 amide bonds. The quantitative estimate of drug-likeness (QED) is 0.841. The van der Waals surface area contributed by atoms with Gasteiger partial charge in [0.25, 0.3) is 5.91 Å². The third-order valence-electron chi connectivity index (χ3n) is 3.79. The van der Waals surface area contributed by atoms with E-state index in [2.05, 4.69) is 0 Å². The first-order valence-electron chi connectivity index (χ1n) is 7.74. The van der Waals surface area contributed by atoms with Crippen LogP contribution in [0.3, 0.4) is 0 Å². The van der Waals surface area contributed by atoms with Crippen LogP contribution in [0.4, 0.5) is 5.69 Å². The van der Waals surface area contributed by atoms with Crippen LogP contribution in [-0.4, -0.2) is 32.9 Å². The fourth-order valence-electron chi connectivity index (χ4n) is 2.79. The normalized spacial score (nSPS) is 14.8. The van der Waals surface area contributed by atoms with Gasteiger partial charge in [0.2, 0.25) is 0 Å². The highest BCUT2D eigenvalue weighted by Gasteiger charge is 2.22. The summed E-state index contributed by atoms with van der Waals surface area (Å²) in [5, 5.41) is 0. The highest BCUT2D eigenvalue weighted by Crippen LogP contribution is 2.34. The minimum atomic E-state index is -3.13. The zero-order valence-corrected chi connectivity index (χ0v) is 15.1. The summed E-state index contributed by atoms with van der Waals surface area (Å²) in [7, 11) is -3.13. The van der Waals surface area contributed by atoms with E-state index in [-0.39, 0.29) is 11.7 Å². The van der Waals surface area contributed by atoms with Crippen molar-refractivity contribution in [3.8, 4) is 0 Å². The maximum atomic E-state index is 13.0. The van der Waals surface area contributed by atoms with Crippen molar-refractivity contribution < 1.29 is 13.2 Å². The summed E-state index contributed by atoms with van der Waals surface area (Å²) in [5.41, 5.74) is 2.09. The molecule has 0 saturated heterocycles. The number of sulfone groups is 1. The fourth-order valence-corrected chi connectivity index (χ4v) is 4.57. The number of fused-ring (bicyclic) bond motifs is 1. The zero-order valence-electron chi connectivity index (χ0n) is 13.4. The molecular formula is C18H19NO3S2. The van der Waals surface area contributed by atoms with Crippen LogP contribution in [0.2, 0.25) is 0 Å². The predicted molar refractivity (Wildman–Crippen MR) is 98.4 cm³/mol. The van der Waals surface area contributed by atoms with Crippen molar-refractivity contribution in [1.29, 1.82) is 0 Å². The molecule has 3 rings (SSSR count). The van der Waals surface area contributed by atoms with Crippen molar-refractivity contribution in [2.45, 2.75) is 17.1 Å². The molecule has 0 radical (unpaired) electrons. The Morgan fingerprint density at radius 1 is 1.17 bits per heavy atom. The lowest BCUT2D eigenvalue weighted by Gasteiger charge is -2.22. The van der Waals surface area contributed by atoms with Crippen LogP contribution >= 0.6 is 11.8 Å². The molecule has 2 aromatic carbocycles. The number of hydrogen-bond donors (Lipinski definition) is 0. The molecule has 0 bridgehead atoms. The number of thioether (sulfide) groups is 1. The van der Waals surface area contributed by atoms with Crippen molar-refractivity contribution in [3.05, 3.63) is 59.7 Å². The van der Waals surface area contributed by atoms with E-state index in [1.807, 2.05) is 24.3 Å². The second-order valence-electron chi connectivity index (χ2n) is 5.90. The number of amides is 1. The minimum Gasteiger partial charge on any atom is -0.307 e. The van der Waals surface area contributed by atoms with Gasteiger partial charge in [0, 0.05) is 23.3 Å². The Morgan fingerprint density at radius 2 is 1.96 bits per heavy atom. The Labute approximate surface area is 146 Å². The molecule has 1 aliphatic heterocycles. The molecule has 24 heavy (non-hydrogen) atoms. The monoisotopic (exact) mass is 361 g/mol. The first-order valence-corrected chi connectivity index (χ1v) is 10.8. The Morgan fingerprint density at radius 3 is 2.75 bits per heavy atom. The number of hydrogen-bond acceptors (Lipinski definition) is 4. The standard InChI is InChI=1S/C18H19NO3S2/c1-24(21,22)13-14-6-4-7-15(12-14)18(20)19-10-5-11-23-17-9-3-2-8-16(17)19/h2-4,6-9,12H,5,10-11,13H2,1H3. The van der Waals surface area contributed by atoms with E-state index in [1.54, 1.807) is 40.9 Å². The maximum absolute atomic E-state index is 13.0. The van der Waals surface area contributed by atoms with Gasteiger partial charge in [-0.2, -0.15) is 0 Å². The first kappa shape index (κ1) is 17.0. The second kappa shape index (κ2) is 6.99. The molecule has 4 nitrogen and oxygen atoms in total. The third kappa shape index (κ3) is 3.99. The van der Waals surface area contributed by atoms with Gasteiger partial charge in [-0.15, -0.1) is 11.8 Å². The van der Waals surface area contributed by atoms with Gasteiger partial charge < -0.3 is 4.90 Å². The molecule has 0 N–H and O–H groups in total. The lowest BCUT2D eigenvalue weighted by molar-refractivity contribution is 0.0986. The highest BCUT2D eigenvalue weighted by atomic mass is 32.2. The number of anilines is 1. The van der Waals surface area contributed by atoms with E-state index in [1.165, 1.54) is 6.26 Å². The van der Waals surface area contributed by atoms with Crippen LogP contribution in [0.1, 0.15) is 22.3 Å². The van der Waals surface area contributed by atoms with Gasteiger partial charge in [0.15, 0.2) is 9.84 Å². The lowest BCUT2D eigenvalue weighted by atomic mass is 10.1. The molecule has 0 aliphatic carbocycles. The van der Waals surface area contributed by atoms with E-state index in [0.29, 0.717) is 17.7 Å². The van der Waals surface area contributed by atoms with Gasteiger partial charge in [-0.25, -0.2) is 8.42 Å². The summed E-state index contributed by atoms with van der Waals surface area (Å²) < 4.78 is 23.0. The Hall–Kier alpha value is -1.79. The summed E-state index contributed by atoms with van der Waals surface area (Å²) in [4.78, 5) is 15.9. The molecule has 0 aromatic heterocycles. The molecule has 1 heterocycles. The second-order valence-corrected chi connectivity index (χ2v) is 9.17. The van der Waals surface area contributed by atoms with Crippen molar-refractivity contribution in [2.24, 2.45) is 0 Å². The van der Waals surface area contributed by atoms with Crippen LogP contribution < -0.4 is 4.90 Å². The summed E-state index contributed by atoms with van der Waals surface area (Å²) >= 11 is 1.76. The van der Waals surface area contributed by atoms with Crippen molar-refractivity contribution in [2.75, 3.05) is 23.5 Å². The van der Waals surface area contributed by atoms with Gasteiger partial charge in [-0.05, 0) is 42.0 Å². The molecule has 6 heteroatoms. The molecular weight excluding hydrogens is 342 g/mol. The molecule has 2 aromatic rings. The number of nitrogens with zero attached hydrogens (tertiary/aromatic N) is 1. The third-order valence-corrected chi connectivity index (χ3v) is 5.79. The number of rotatable bonds is 3. The van der Waals surface area contributed by atoms with Crippen molar-refractivity contribution in [1.82, 2.24) is 0 Å². The van der Waals surface area contributed by atoms with E-state index in [0.717, 1.165) is 22.8 Å². The van der Waals surface area contributed by atoms with Crippen LogP contribution in [0, 0.1) is 0 Å². The van der Waals surface area contributed by atoms with Crippen LogP contribution in [-0.2, 0) is 15.6 Å². The predicted octanol–water partition coefficient (Wildman–Crippen LogP) is 3.37. The van der Waals surface area contributed by atoms with Gasteiger partial charge in [-0.1, -0.05) is 24.3 Å². The first-order chi connectivity index (χ1) is 11.4. The summed E-state index contributed by atoms with van der Waals surface area (Å²) in [6.45, 7) is 0.666. The van der Waals surface area contributed by atoms with Crippen molar-refractivity contribution >= 4 is 33.2 Å². The number of para-hydroxylation sites is 1. The number of benzene rings is 2. The average Bonchev–Trinajstić information content (AvgIpc) is 2.75. The molecule has 126 valence electrons. The lowest BCUT2D eigenvalue weighted by Crippen LogP contribution is -2.31. The van der Waals surface area contributed by atoms with E-state index in [9.17, 15) is 13.2 Å². The summed E-state index contributed by atoms with van der Waals surface area (Å²) in [5.74, 6) is 0.843. The molecule has 0 spiro atoms. The van der Waals surface area contributed by atoms with Gasteiger partial charge in [0.1, 0.15) is 0 Å². The molecule has 1 aliphatic rings. The van der Waals surface area contributed by atoms with Crippen LogP contribution in [0.25, 0.3) is 0 Å². The molecule has 0 atom stereocenters. The van der Waals surface area contributed by atoms with E-state index >= 15 is 0 Å². The van der Waals surface area contributed by atoms with E-state index in [4.69, 9.17) is 0 Å². The molecule has 0 fully saturated rings. The summed E-state index contributed by atoms with van der Waals surface area (Å²) in [6, 6.07) is 14.8. The SMILES string of the molecule is CS(=O)(=O)Cc1cccc(C(=O)N2CCCSc3ccccc32)c1. The maximum Gasteiger partial charge on any atom is 0.258 e. The Kier molecular flexibility index (Phi) is 4.96.